The molecule has 0 radical (unpaired) electrons. The molecule has 2 N–H and O–H groups in total. The van der Waals surface area contributed by atoms with E-state index in [1.165, 1.54) is 5.56 Å². The number of rotatable bonds is 3. The van der Waals surface area contributed by atoms with Gasteiger partial charge in [-0.2, -0.15) is 5.10 Å². The molecule has 2 atom stereocenters. The zero-order chi connectivity index (χ0) is 13.4. The lowest BCUT2D eigenvalue weighted by Gasteiger charge is -2.36. The molecule has 0 saturated heterocycles. The second-order valence-corrected chi connectivity index (χ2v) is 5.26. The molecule has 0 fully saturated rings. The van der Waals surface area contributed by atoms with Crippen molar-refractivity contribution < 1.29 is 0 Å². The van der Waals surface area contributed by atoms with Crippen molar-refractivity contribution in [2.75, 3.05) is 6.54 Å². The average molecular weight is 260 g/mol. The molecule has 6 nitrogen and oxygen atoms in total. The van der Waals surface area contributed by atoms with Gasteiger partial charge in [-0.15, -0.1) is 0 Å². The fourth-order valence-corrected chi connectivity index (χ4v) is 2.87. The van der Waals surface area contributed by atoms with Crippen LogP contribution in [0.25, 0.3) is 0 Å². The van der Waals surface area contributed by atoms with Gasteiger partial charge in [0, 0.05) is 50.3 Å². The SMILES string of the molecule is CC(N)C(c1cnn(C)c1)N1CCn2ccnc2C1. The number of nitrogens with two attached hydrogens (primary N) is 1. The summed E-state index contributed by atoms with van der Waals surface area (Å²) in [5, 5.41) is 4.26. The minimum atomic E-state index is 0.0608. The number of aryl methyl sites for hydroxylation is 1. The highest BCUT2D eigenvalue weighted by molar-refractivity contribution is 5.14. The van der Waals surface area contributed by atoms with Gasteiger partial charge in [0.05, 0.1) is 18.8 Å². The van der Waals surface area contributed by atoms with Crippen LogP contribution in [0.5, 0.6) is 0 Å². The summed E-state index contributed by atoms with van der Waals surface area (Å²) in [5.74, 6) is 1.11. The summed E-state index contributed by atoms with van der Waals surface area (Å²) in [6.45, 7) is 4.86. The zero-order valence-corrected chi connectivity index (χ0v) is 11.4. The van der Waals surface area contributed by atoms with Gasteiger partial charge in [0.1, 0.15) is 5.82 Å². The van der Waals surface area contributed by atoms with E-state index in [-0.39, 0.29) is 12.1 Å². The molecule has 2 aromatic heterocycles. The topological polar surface area (TPSA) is 64.9 Å². The van der Waals surface area contributed by atoms with E-state index in [0.29, 0.717) is 0 Å². The maximum Gasteiger partial charge on any atom is 0.122 e. The Balaban J connectivity index is 1.86. The van der Waals surface area contributed by atoms with E-state index < -0.39 is 0 Å². The van der Waals surface area contributed by atoms with E-state index in [0.717, 1.165) is 25.5 Å². The summed E-state index contributed by atoms with van der Waals surface area (Å²) in [7, 11) is 1.94. The van der Waals surface area contributed by atoms with Gasteiger partial charge in [0.2, 0.25) is 0 Å². The molecule has 2 aromatic rings. The van der Waals surface area contributed by atoms with Crippen LogP contribution in [-0.4, -0.2) is 36.8 Å². The molecule has 0 bridgehead atoms. The first kappa shape index (κ1) is 12.4. The van der Waals surface area contributed by atoms with Crippen molar-refractivity contribution in [3.05, 3.63) is 36.2 Å². The standard InChI is InChI=1S/C13H20N6/c1-10(14)13(11-7-16-17(2)8-11)19-6-5-18-4-3-15-12(18)9-19/h3-4,7-8,10,13H,5-6,9,14H2,1-2H3. The van der Waals surface area contributed by atoms with Crippen molar-refractivity contribution in [1.82, 2.24) is 24.2 Å². The normalized spacial score (nSPS) is 19.1. The quantitative estimate of drug-likeness (QED) is 0.874. The minimum Gasteiger partial charge on any atom is -0.333 e. The van der Waals surface area contributed by atoms with Gasteiger partial charge in [0.25, 0.3) is 0 Å². The van der Waals surface area contributed by atoms with Crippen molar-refractivity contribution in [3.63, 3.8) is 0 Å². The van der Waals surface area contributed by atoms with Crippen molar-refractivity contribution in [2.24, 2.45) is 12.8 Å². The fourth-order valence-electron chi connectivity index (χ4n) is 2.87. The van der Waals surface area contributed by atoms with Crippen molar-refractivity contribution in [1.29, 1.82) is 0 Å². The predicted molar refractivity (Wildman–Crippen MR) is 72.2 cm³/mol. The molecular formula is C13H20N6. The Kier molecular flexibility index (Phi) is 3.12. The maximum absolute atomic E-state index is 6.20. The molecule has 1 aliphatic heterocycles. The Hall–Kier alpha value is -1.66. The molecule has 0 spiro atoms. The predicted octanol–water partition coefficient (Wildman–Crippen LogP) is 0.521. The molecule has 3 rings (SSSR count). The van der Waals surface area contributed by atoms with Crippen LogP contribution < -0.4 is 5.73 Å². The molecule has 19 heavy (non-hydrogen) atoms. The smallest absolute Gasteiger partial charge is 0.122 e. The maximum atomic E-state index is 6.20. The number of aromatic nitrogens is 4. The Morgan fingerprint density at radius 3 is 2.89 bits per heavy atom. The summed E-state index contributed by atoms with van der Waals surface area (Å²) in [6.07, 6.45) is 7.87. The van der Waals surface area contributed by atoms with Gasteiger partial charge in [0.15, 0.2) is 0 Å². The molecule has 1 aliphatic rings. The van der Waals surface area contributed by atoms with Crippen LogP contribution in [0.3, 0.4) is 0 Å². The molecule has 102 valence electrons. The van der Waals surface area contributed by atoms with E-state index in [2.05, 4.69) is 32.7 Å². The van der Waals surface area contributed by atoms with Crippen LogP contribution in [0.2, 0.25) is 0 Å². The van der Waals surface area contributed by atoms with E-state index in [1.54, 1.807) is 0 Å². The van der Waals surface area contributed by atoms with Crippen LogP contribution in [0, 0.1) is 0 Å². The lowest BCUT2D eigenvalue weighted by molar-refractivity contribution is 0.136. The highest BCUT2D eigenvalue weighted by Gasteiger charge is 2.28. The summed E-state index contributed by atoms with van der Waals surface area (Å²) in [6, 6.07) is 0.255. The molecular weight excluding hydrogens is 240 g/mol. The Morgan fingerprint density at radius 1 is 1.37 bits per heavy atom. The zero-order valence-electron chi connectivity index (χ0n) is 11.4. The number of imidazole rings is 1. The largest absolute Gasteiger partial charge is 0.333 e. The Bertz CT molecular complexity index is 555. The Morgan fingerprint density at radius 2 is 2.21 bits per heavy atom. The van der Waals surface area contributed by atoms with Gasteiger partial charge < -0.3 is 10.3 Å². The van der Waals surface area contributed by atoms with E-state index in [9.17, 15) is 0 Å². The van der Waals surface area contributed by atoms with Crippen LogP contribution in [0.1, 0.15) is 24.4 Å². The second kappa shape index (κ2) is 4.79. The number of hydrogen-bond acceptors (Lipinski definition) is 4. The van der Waals surface area contributed by atoms with Gasteiger partial charge in [-0.3, -0.25) is 9.58 Å². The molecule has 3 heterocycles. The van der Waals surface area contributed by atoms with Crippen LogP contribution in [-0.2, 0) is 20.1 Å². The minimum absolute atomic E-state index is 0.0608. The van der Waals surface area contributed by atoms with Crippen molar-refractivity contribution in [2.45, 2.75) is 32.1 Å². The van der Waals surface area contributed by atoms with Crippen LogP contribution in [0.15, 0.2) is 24.8 Å². The number of nitrogens with zero attached hydrogens (tertiary/aromatic N) is 5. The second-order valence-electron chi connectivity index (χ2n) is 5.26. The molecule has 6 heteroatoms. The van der Waals surface area contributed by atoms with Crippen LogP contribution >= 0.6 is 0 Å². The molecule has 0 saturated carbocycles. The number of hydrogen-bond donors (Lipinski definition) is 1. The molecule has 0 amide bonds. The summed E-state index contributed by atoms with van der Waals surface area (Å²) >= 11 is 0. The Labute approximate surface area is 112 Å². The lowest BCUT2D eigenvalue weighted by atomic mass is 10.0. The highest BCUT2D eigenvalue weighted by Crippen LogP contribution is 2.26. The van der Waals surface area contributed by atoms with Gasteiger partial charge in [-0.1, -0.05) is 0 Å². The third-order valence-corrected chi connectivity index (χ3v) is 3.73. The van der Waals surface area contributed by atoms with Gasteiger partial charge >= 0.3 is 0 Å². The average Bonchev–Trinajstić information content (AvgIpc) is 2.97. The third-order valence-electron chi connectivity index (χ3n) is 3.73. The first-order valence-electron chi connectivity index (χ1n) is 6.63. The number of fused-ring (bicyclic) bond motifs is 1. The molecule has 2 unspecified atom stereocenters. The molecule has 0 aliphatic carbocycles. The summed E-state index contributed by atoms with van der Waals surface area (Å²) < 4.78 is 4.04. The third kappa shape index (κ3) is 2.29. The first-order chi connectivity index (χ1) is 9.15. The van der Waals surface area contributed by atoms with Crippen LogP contribution in [0.4, 0.5) is 0 Å². The van der Waals surface area contributed by atoms with Crippen molar-refractivity contribution in [3.8, 4) is 0 Å². The monoisotopic (exact) mass is 260 g/mol. The first-order valence-corrected chi connectivity index (χ1v) is 6.63. The fraction of sp³-hybridized carbons (Fsp3) is 0.538. The lowest BCUT2D eigenvalue weighted by Crippen LogP contribution is -2.43. The molecule has 0 aromatic carbocycles. The van der Waals surface area contributed by atoms with Gasteiger partial charge in [-0.05, 0) is 6.92 Å². The van der Waals surface area contributed by atoms with Crippen molar-refractivity contribution >= 4 is 0 Å². The van der Waals surface area contributed by atoms with E-state index in [1.807, 2.05) is 30.3 Å². The summed E-state index contributed by atoms with van der Waals surface area (Å²) in [5.41, 5.74) is 7.38. The summed E-state index contributed by atoms with van der Waals surface area (Å²) in [4.78, 5) is 6.80. The highest BCUT2D eigenvalue weighted by atomic mass is 15.3. The van der Waals surface area contributed by atoms with E-state index in [4.69, 9.17) is 5.73 Å². The van der Waals surface area contributed by atoms with E-state index >= 15 is 0 Å². The van der Waals surface area contributed by atoms with Gasteiger partial charge in [-0.25, -0.2) is 4.98 Å².